The molecule has 3 heteroatoms. The van der Waals surface area contributed by atoms with Crippen molar-refractivity contribution in [3.63, 3.8) is 0 Å². The molecule has 1 N–H and O–H groups in total. The number of hydrogen-bond donors (Lipinski definition) is 1. The fourth-order valence-electron chi connectivity index (χ4n) is 2.22. The van der Waals surface area contributed by atoms with E-state index >= 15 is 0 Å². The Labute approximate surface area is 114 Å². The van der Waals surface area contributed by atoms with Gasteiger partial charge in [-0.3, -0.25) is 0 Å². The molecule has 2 atom stereocenters. The van der Waals surface area contributed by atoms with E-state index in [1.54, 1.807) is 0 Å². The highest BCUT2D eigenvalue weighted by molar-refractivity contribution is 5.43. The highest BCUT2D eigenvalue weighted by Gasteiger charge is 2.22. The van der Waals surface area contributed by atoms with Gasteiger partial charge in [-0.05, 0) is 50.5 Å². The summed E-state index contributed by atoms with van der Waals surface area (Å²) in [6, 6.07) is 5.80. The van der Waals surface area contributed by atoms with Gasteiger partial charge in [0.1, 0.15) is 19.0 Å². The van der Waals surface area contributed by atoms with Gasteiger partial charge in [0.05, 0.1) is 12.2 Å². The molecule has 1 aromatic carbocycles. The lowest BCUT2D eigenvalue weighted by Gasteiger charge is -2.14. The van der Waals surface area contributed by atoms with E-state index in [1.807, 2.05) is 25.1 Å². The van der Waals surface area contributed by atoms with Gasteiger partial charge in [-0.15, -0.1) is 0 Å². The van der Waals surface area contributed by atoms with Crippen LogP contribution in [-0.4, -0.2) is 30.5 Å². The van der Waals surface area contributed by atoms with E-state index in [2.05, 4.69) is 18.8 Å². The molecule has 2 unspecified atom stereocenters. The summed E-state index contributed by atoms with van der Waals surface area (Å²) in [4.78, 5) is 0. The average molecular weight is 260 g/mol. The van der Waals surface area contributed by atoms with E-state index in [9.17, 15) is 0 Å². The highest BCUT2D eigenvalue weighted by Crippen LogP contribution is 2.23. The highest BCUT2D eigenvalue weighted by atomic mass is 16.5. The number of ether oxygens (including phenoxy) is 2. The van der Waals surface area contributed by atoms with E-state index in [0.717, 1.165) is 29.7 Å². The summed E-state index contributed by atoms with van der Waals surface area (Å²) in [5.74, 6) is 6.40. The van der Waals surface area contributed by atoms with Crippen molar-refractivity contribution in [2.24, 2.45) is 0 Å². The molecule has 1 aliphatic heterocycles. The Balaban J connectivity index is 1.93. The summed E-state index contributed by atoms with van der Waals surface area (Å²) in [5, 5.41) is 8.67. The normalized spacial score (nSPS) is 21.8. The molecule has 1 fully saturated rings. The van der Waals surface area contributed by atoms with Crippen LogP contribution in [0.15, 0.2) is 18.2 Å². The van der Waals surface area contributed by atoms with Gasteiger partial charge in [0.15, 0.2) is 0 Å². The first-order chi connectivity index (χ1) is 9.19. The molecule has 102 valence electrons. The van der Waals surface area contributed by atoms with Crippen LogP contribution in [0, 0.1) is 18.8 Å². The Morgan fingerprint density at radius 3 is 2.89 bits per heavy atom. The maximum Gasteiger partial charge on any atom is 0.122 e. The topological polar surface area (TPSA) is 38.7 Å². The summed E-state index contributed by atoms with van der Waals surface area (Å²) >= 11 is 0. The van der Waals surface area contributed by atoms with E-state index in [1.165, 1.54) is 0 Å². The molecule has 0 aliphatic carbocycles. The summed E-state index contributed by atoms with van der Waals surface area (Å²) in [5.41, 5.74) is 1.94. The minimum absolute atomic E-state index is 0.117. The molecule has 0 aromatic heterocycles. The lowest BCUT2D eigenvalue weighted by atomic mass is 10.1. The van der Waals surface area contributed by atoms with Crippen LogP contribution in [0.4, 0.5) is 0 Å². The predicted octanol–water partition coefficient (Wildman–Crippen LogP) is 2.29. The molecular weight excluding hydrogens is 240 g/mol. The number of hydrogen-bond acceptors (Lipinski definition) is 3. The van der Waals surface area contributed by atoms with Crippen molar-refractivity contribution in [3.8, 4) is 17.6 Å². The molecule has 2 rings (SSSR count). The number of aliphatic hydroxyl groups excluding tert-OH is 1. The van der Waals surface area contributed by atoms with Gasteiger partial charge in [-0.25, -0.2) is 0 Å². The van der Waals surface area contributed by atoms with E-state index in [4.69, 9.17) is 14.6 Å². The minimum Gasteiger partial charge on any atom is -0.491 e. The fourth-order valence-corrected chi connectivity index (χ4v) is 2.22. The Morgan fingerprint density at radius 1 is 1.42 bits per heavy atom. The van der Waals surface area contributed by atoms with Crippen LogP contribution in [-0.2, 0) is 4.74 Å². The van der Waals surface area contributed by atoms with Crippen LogP contribution in [0.1, 0.15) is 30.9 Å². The Hall–Kier alpha value is -1.50. The molecule has 0 saturated carbocycles. The van der Waals surface area contributed by atoms with Gasteiger partial charge in [0.25, 0.3) is 0 Å². The van der Waals surface area contributed by atoms with Crippen molar-refractivity contribution < 1.29 is 14.6 Å². The van der Waals surface area contributed by atoms with Crippen molar-refractivity contribution in [1.29, 1.82) is 0 Å². The van der Waals surface area contributed by atoms with Gasteiger partial charge in [-0.1, -0.05) is 11.8 Å². The van der Waals surface area contributed by atoms with Gasteiger partial charge in [0, 0.05) is 5.56 Å². The van der Waals surface area contributed by atoms with Crippen LogP contribution in [0.5, 0.6) is 5.75 Å². The van der Waals surface area contributed by atoms with Gasteiger partial charge >= 0.3 is 0 Å². The van der Waals surface area contributed by atoms with Crippen molar-refractivity contribution in [3.05, 3.63) is 29.3 Å². The van der Waals surface area contributed by atoms with E-state index < -0.39 is 0 Å². The lowest BCUT2D eigenvalue weighted by molar-refractivity contribution is 0.0263. The van der Waals surface area contributed by atoms with E-state index in [-0.39, 0.29) is 12.7 Å². The third kappa shape index (κ3) is 3.99. The Bertz CT molecular complexity index is 485. The zero-order valence-electron chi connectivity index (χ0n) is 11.5. The number of aryl methyl sites for hydroxylation is 1. The van der Waals surface area contributed by atoms with Crippen molar-refractivity contribution in [2.75, 3.05) is 13.2 Å². The first-order valence-corrected chi connectivity index (χ1v) is 6.67. The SMILES string of the molecule is Cc1cc(C#CCO)ccc1OCC1CCC(C)O1. The first kappa shape index (κ1) is 13.9. The van der Waals surface area contributed by atoms with Crippen molar-refractivity contribution in [1.82, 2.24) is 0 Å². The Kier molecular flexibility index (Phi) is 4.84. The zero-order chi connectivity index (χ0) is 13.7. The second kappa shape index (κ2) is 6.60. The molecule has 1 saturated heterocycles. The second-order valence-corrected chi connectivity index (χ2v) is 4.90. The average Bonchev–Trinajstić information content (AvgIpc) is 2.81. The zero-order valence-corrected chi connectivity index (χ0v) is 11.5. The standard InChI is InChI=1S/C16H20O3/c1-12-10-14(4-3-9-17)6-8-16(12)18-11-15-7-5-13(2)19-15/h6,8,10,13,15,17H,5,7,9,11H2,1-2H3. The maximum atomic E-state index is 8.67. The lowest BCUT2D eigenvalue weighted by Crippen LogP contribution is -2.18. The smallest absolute Gasteiger partial charge is 0.122 e. The predicted molar refractivity (Wildman–Crippen MR) is 74.2 cm³/mol. The molecule has 0 amide bonds. The molecule has 19 heavy (non-hydrogen) atoms. The monoisotopic (exact) mass is 260 g/mol. The maximum absolute atomic E-state index is 8.67. The van der Waals surface area contributed by atoms with Crippen LogP contribution in [0.2, 0.25) is 0 Å². The van der Waals surface area contributed by atoms with E-state index in [0.29, 0.717) is 12.7 Å². The van der Waals surface area contributed by atoms with Crippen LogP contribution in [0.3, 0.4) is 0 Å². The molecular formula is C16H20O3. The fraction of sp³-hybridized carbons (Fsp3) is 0.500. The third-order valence-electron chi connectivity index (χ3n) is 3.23. The van der Waals surface area contributed by atoms with Gasteiger partial charge in [0.2, 0.25) is 0 Å². The minimum atomic E-state index is -0.117. The number of aliphatic hydroxyl groups is 1. The molecule has 0 spiro atoms. The quantitative estimate of drug-likeness (QED) is 0.847. The van der Waals surface area contributed by atoms with Gasteiger partial charge in [-0.2, -0.15) is 0 Å². The number of rotatable bonds is 3. The van der Waals surface area contributed by atoms with Crippen LogP contribution >= 0.6 is 0 Å². The summed E-state index contributed by atoms with van der Waals surface area (Å²) in [6.07, 6.45) is 2.75. The Morgan fingerprint density at radius 2 is 2.26 bits per heavy atom. The van der Waals surface area contributed by atoms with Crippen LogP contribution < -0.4 is 4.74 Å². The summed E-state index contributed by atoms with van der Waals surface area (Å²) in [7, 11) is 0. The second-order valence-electron chi connectivity index (χ2n) is 4.90. The largest absolute Gasteiger partial charge is 0.491 e. The molecule has 1 heterocycles. The van der Waals surface area contributed by atoms with Crippen molar-refractivity contribution in [2.45, 2.75) is 38.9 Å². The third-order valence-corrected chi connectivity index (χ3v) is 3.23. The van der Waals surface area contributed by atoms with Crippen molar-refractivity contribution >= 4 is 0 Å². The number of benzene rings is 1. The molecule has 3 nitrogen and oxygen atoms in total. The molecule has 0 radical (unpaired) electrons. The summed E-state index contributed by atoms with van der Waals surface area (Å²) in [6.45, 7) is 4.58. The molecule has 1 aliphatic rings. The van der Waals surface area contributed by atoms with Gasteiger partial charge < -0.3 is 14.6 Å². The first-order valence-electron chi connectivity index (χ1n) is 6.67. The molecule has 1 aromatic rings. The summed E-state index contributed by atoms with van der Waals surface area (Å²) < 4.78 is 11.5. The molecule has 0 bridgehead atoms. The van der Waals surface area contributed by atoms with Crippen LogP contribution in [0.25, 0.3) is 0 Å².